The molecular weight excluding hydrogens is 218 g/mol. The highest BCUT2D eigenvalue weighted by molar-refractivity contribution is 5.98. The van der Waals surface area contributed by atoms with E-state index in [0.29, 0.717) is 0 Å². The van der Waals surface area contributed by atoms with Crippen molar-refractivity contribution in [1.29, 1.82) is 0 Å². The minimum atomic E-state index is 0.0198. The Labute approximate surface area is 109 Å². The first-order valence-corrected chi connectivity index (χ1v) is 6.08. The monoisotopic (exact) mass is 235 g/mol. The standard InChI is InChI=1S/C17H17N/c1-3-17(16-12-8-5-9-13-16)18-14(2)15-10-6-4-7-11-15/h3-13,17H,1H2,2H3. The Balaban J connectivity index is 2.28. The van der Waals surface area contributed by atoms with Crippen molar-refractivity contribution in [2.24, 2.45) is 4.99 Å². The molecule has 1 nitrogen and oxygen atoms in total. The summed E-state index contributed by atoms with van der Waals surface area (Å²) in [7, 11) is 0. The van der Waals surface area contributed by atoms with Crippen LogP contribution >= 0.6 is 0 Å². The van der Waals surface area contributed by atoms with Crippen LogP contribution in [0.25, 0.3) is 0 Å². The molecule has 0 bridgehead atoms. The van der Waals surface area contributed by atoms with Crippen LogP contribution in [0.1, 0.15) is 24.1 Å². The summed E-state index contributed by atoms with van der Waals surface area (Å²) in [6.45, 7) is 5.91. The molecule has 0 amide bonds. The Morgan fingerprint density at radius 1 is 1.00 bits per heavy atom. The van der Waals surface area contributed by atoms with E-state index >= 15 is 0 Å². The number of hydrogen-bond acceptors (Lipinski definition) is 1. The van der Waals surface area contributed by atoms with Gasteiger partial charge in [0.25, 0.3) is 0 Å². The molecule has 1 heteroatoms. The highest BCUT2D eigenvalue weighted by Crippen LogP contribution is 2.19. The van der Waals surface area contributed by atoms with Crippen LogP contribution in [0.3, 0.4) is 0 Å². The van der Waals surface area contributed by atoms with Gasteiger partial charge in [-0.2, -0.15) is 0 Å². The molecule has 0 aliphatic heterocycles. The Morgan fingerprint density at radius 2 is 1.56 bits per heavy atom. The summed E-state index contributed by atoms with van der Waals surface area (Å²) in [4.78, 5) is 4.73. The fourth-order valence-corrected chi connectivity index (χ4v) is 1.88. The lowest BCUT2D eigenvalue weighted by Crippen LogP contribution is -1.99. The van der Waals surface area contributed by atoms with E-state index in [1.807, 2.05) is 49.4 Å². The summed E-state index contributed by atoms with van der Waals surface area (Å²) in [5.74, 6) is 0. The Morgan fingerprint density at radius 3 is 2.11 bits per heavy atom. The first-order chi connectivity index (χ1) is 8.81. The number of benzene rings is 2. The minimum Gasteiger partial charge on any atom is -0.277 e. The van der Waals surface area contributed by atoms with E-state index < -0.39 is 0 Å². The SMILES string of the molecule is C=CC(N=C(C)c1ccccc1)c1ccccc1. The largest absolute Gasteiger partial charge is 0.277 e. The van der Waals surface area contributed by atoms with Gasteiger partial charge < -0.3 is 0 Å². The summed E-state index contributed by atoms with van der Waals surface area (Å²) in [6.07, 6.45) is 1.88. The fourth-order valence-electron chi connectivity index (χ4n) is 1.88. The Bertz CT molecular complexity index is 526. The summed E-state index contributed by atoms with van der Waals surface area (Å²) in [6, 6.07) is 20.5. The molecule has 1 atom stereocenters. The Kier molecular flexibility index (Phi) is 4.08. The zero-order valence-electron chi connectivity index (χ0n) is 10.6. The molecule has 0 heterocycles. The predicted octanol–water partition coefficient (Wildman–Crippen LogP) is 4.42. The average Bonchev–Trinajstić information content (AvgIpc) is 2.46. The molecule has 0 aromatic heterocycles. The van der Waals surface area contributed by atoms with Gasteiger partial charge in [-0.1, -0.05) is 66.7 Å². The van der Waals surface area contributed by atoms with Crippen LogP contribution in [-0.2, 0) is 0 Å². The van der Waals surface area contributed by atoms with Crippen molar-refractivity contribution in [1.82, 2.24) is 0 Å². The van der Waals surface area contributed by atoms with Crippen molar-refractivity contribution < 1.29 is 0 Å². The molecule has 0 N–H and O–H groups in total. The molecule has 0 saturated carbocycles. The molecule has 0 aliphatic carbocycles. The van der Waals surface area contributed by atoms with Crippen LogP contribution < -0.4 is 0 Å². The van der Waals surface area contributed by atoms with Gasteiger partial charge in [-0.05, 0) is 18.1 Å². The normalized spacial score (nSPS) is 13.1. The van der Waals surface area contributed by atoms with E-state index in [1.54, 1.807) is 0 Å². The van der Waals surface area contributed by atoms with Gasteiger partial charge in [-0.25, -0.2) is 0 Å². The van der Waals surface area contributed by atoms with Crippen LogP contribution in [0.5, 0.6) is 0 Å². The summed E-state index contributed by atoms with van der Waals surface area (Å²) in [5, 5.41) is 0. The number of hydrogen-bond donors (Lipinski definition) is 0. The lowest BCUT2D eigenvalue weighted by atomic mass is 10.1. The first kappa shape index (κ1) is 12.3. The summed E-state index contributed by atoms with van der Waals surface area (Å²) < 4.78 is 0. The molecule has 0 saturated heterocycles. The van der Waals surface area contributed by atoms with Gasteiger partial charge in [0.1, 0.15) is 0 Å². The maximum Gasteiger partial charge on any atom is 0.0931 e. The van der Waals surface area contributed by atoms with Crippen LogP contribution in [0, 0.1) is 0 Å². The van der Waals surface area contributed by atoms with Crippen LogP contribution in [0.15, 0.2) is 78.3 Å². The number of nitrogens with zero attached hydrogens (tertiary/aromatic N) is 1. The second kappa shape index (κ2) is 5.97. The van der Waals surface area contributed by atoms with Gasteiger partial charge >= 0.3 is 0 Å². The van der Waals surface area contributed by atoms with Crippen molar-refractivity contribution in [3.63, 3.8) is 0 Å². The minimum absolute atomic E-state index is 0.0198. The van der Waals surface area contributed by atoms with Crippen molar-refractivity contribution >= 4 is 5.71 Å². The molecule has 0 radical (unpaired) electrons. The van der Waals surface area contributed by atoms with E-state index in [2.05, 4.69) is 30.8 Å². The Hall–Kier alpha value is -2.15. The van der Waals surface area contributed by atoms with Crippen LogP contribution in [-0.4, -0.2) is 5.71 Å². The maximum absolute atomic E-state index is 4.73. The lowest BCUT2D eigenvalue weighted by molar-refractivity contribution is 0.914. The molecule has 2 aromatic carbocycles. The smallest absolute Gasteiger partial charge is 0.0931 e. The molecule has 0 aliphatic rings. The van der Waals surface area contributed by atoms with Gasteiger partial charge in [0.15, 0.2) is 0 Å². The highest BCUT2D eigenvalue weighted by atomic mass is 14.8. The third-order valence-electron chi connectivity index (χ3n) is 2.89. The highest BCUT2D eigenvalue weighted by Gasteiger charge is 2.05. The second-order valence-corrected chi connectivity index (χ2v) is 4.17. The van der Waals surface area contributed by atoms with Gasteiger partial charge in [-0.15, -0.1) is 6.58 Å². The van der Waals surface area contributed by atoms with Crippen molar-refractivity contribution in [2.45, 2.75) is 13.0 Å². The van der Waals surface area contributed by atoms with Crippen LogP contribution in [0.2, 0.25) is 0 Å². The van der Waals surface area contributed by atoms with Crippen LogP contribution in [0.4, 0.5) is 0 Å². The topological polar surface area (TPSA) is 12.4 Å². The summed E-state index contributed by atoms with van der Waals surface area (Å²) in [5.41, 5.74) is 3.35. The van der Waals surface area contributed by atoms with Crippen molar-refractivity contribution in [2.75, 3.05) is 0 Å². The zero-order valence-corrected chi connectivity index (χ0v) is 10.6. The molecule has 90 valence electrons. The molecule has 0 fully saturated rings. The van der Waals surface area contributed by atoms with Gasteiger partial charge in [0, 0.05) is 5.71 Å². The van der Waals surface area contributed by atoms with E-state index in [1.165, 1.54) is 5.56 Å². The first-order valence-electron chi connectivity index (χ1n) is 6.08. The third kappa shape index (κ3) is 2.95. The van der Waals surface area contributed by atoms with E-state index in [4.69, 9.17) is 4.99 Å². The average molecular weight is 235 g/mol. The van der Waals surface area contributed by atoms with Gasteiger partial charge in [-0.3, -0.25) is 4.99 Å². The molecule has 1 unspecified atom stereocenters. The van der Waals surface area contributed by atoms with E-state index in [0.717, 1.165) is 11.3 Å². The molecule has 0 spiro atoms. The van der Waals surface area contributed by atoms with Gasteiger partial charge in [0.2, 0.25) is 0 Å². The zero-order chi connectivity index (χ0) is 12.8. The van der Waals surface area contributed by atoms with E-state index in [-0.39, 0.29) is 6.04 Å². The van der Waals surface area contributed by atoms with Crippen molar-refractivity contribution in [3.8, 4) is 0 Å². The number of rotatable bonds is 4. The number of aliphatic imine (C=N–C) groups is 1. The predicted molar refractivity (Wildman–Crippen MR) is 78.0 cm³/mol. The maximum atomic E-state index is 4.73. The molecule has 2 aromatic rings. The van der Waals surface area contributed by atoms with Gasteiger partial charge in [0.05, 0.1) is 6.04 Å². The molecule has 2 rings (SSSR count). The second-order valence-electron chi connectivity index (χ2n) is 4.17. The van der Waals surface area contributed by atoms with Crippen molar-refractivity contribution in [3.05, 3.63) is 84.4 Å². The third-order valence-corrected chi connectivity index (χ3v) is 2.89. The molecular formula is C17H17N. The quantitative estimate of drug-likeness (QED) is 0.549. The fraction of sp³-hybridized carbons (Fsp3) is 0.118. The van der Waals surface area contributed by atoms with E-state index in [9.17, 15) is 0 Å². The summed E-state index contributed by atoms with van der Waals surface area (Å²) >= 11 is 0. The lowest BCUT2D eigenvalue weighted by Gasteiger charge is -2.10. The molecule has 18 heavy (non-hydrogen) atoms.